The summed E-state index contributed by atoms with van der Waals surface area (Å²) in [7, 11) is 1.85. The van der Waals surface area contributed by atoms with Crippen LogP contribution in [-0.4, -0.2) is 29.6 Å². The highest BCUT2D eigenvalue weighted by atomic mass is 16.2. The van der Waals surface area contributed by atoms with Crippen LogP contribution >= 0.6 is 0 Å². The molecule has 0 spiro atoms. The van der Waals surface area contributed by atoms with E-state index in [0.717, 1.165) is 0 Å². The topological polar surface area (TPSA) is 58.1 Å². The fraction of sp³-hybridized carbons (Fsp3) is 0.286. The van der Waals surface area contributed by atoms with Crippen LogP contribution < -0.4 is 10.2 Å². The van der Waals surface area contributed by atoms with E-state index in [2.05, 4.69) is 15.3 Å². The first-order valence-electron chi connectivity index (χ1n) is 3.59. The Bertz CT molecular complexity index is 325. The number of aromatic nitrogens is 2. The van der Waals surface area contributed by atoms with Gasteiger partial charge in [-0.1, -0.05) is 0 Å². The van der Waals surface area contributed by atoms with E-state index in [4.69, 9.17) is 0 Å². The summed E-state index contributed by atoms with van der Waals surface area (Å²) in [4.78, 5) is 21.0. The van der Waals surface area contributed by atoms with E-state index in [1.807, 2.05) is 11.9 Å². The predicted octanol–water partition coefficient (Wildman–Crippen LogP) is -0.386. The number of carbonyl (C=O) groups excluding carboxylic acids is 1. The monoisotopic (exact) mass is 164 g/mol. The first kappa shape index (κ1) is 7.02. The van der Waals surface area contributed by atoms with Crippen LogP contribution in [0.5, 0.6) is 0 Å². The van der Waals surface area contributed by atoms with Gasteiger partial charge in [-0.3, -0.25) is 4.79 Å². The molecule has 1 N–H and O–H groups in total. The van der Waals surface area contributed by atoms with Crippen LogP contribution in [0.4, 0.5) is 5.82 Å². The summed E-state index contributed by atoms with van der Waals surface area (Å²) in [5.41, 5.74) is 0.395. The third-order valence-corrected chi connectivity index (χ3v) is 1.73. The van der Waals surface area contributed by atoms with Crippen LogP contribution in [0.2, 0.25) is 0 Å². The highest BCUT2D eigenvalue weighted by Gasteiger charge is 2.21. The van der Waals surface area contributed by atoms with Gasteiger partial charge in [0, 0.05) is 19.4 Å². The summed E-state index contributed by atoms with van der Waals surface area (Å²) < 4.78 is 0. The van der Waals surface area contributed by atoms with Crippen molar-refractivity contribution in [1.82, 2.24) is 15.3 Å². The van der Waals surface area contributed by atoms with Gasteiger partial charge in [0.1, 0.15) is 0 Å². The molecule has 2 rings (SSSR count). The molecule has 0 unspecified atom stereocenters. The average molecular weight is 164 g/mol. The molecule has 0 aromatic carbocycles. The molecule has 5 nitrogen and oxygen atoms in total. The van der Waals surface area contributed by atoms with E-state index in [1.54, 1.807) is 6.20 Å². The van der Waals surface area contributed by atoms with Crippen molar-refractivity contribution in [1.29, 1.82) is 0 Å². The molecule has 0 saturated heterocycles. The molecule has 2 heterocycles. The zero-order valence-electron chi connectivity index (χ0n) is 6.61. The lowest BCUT2D eigenvalue weighted by molar-refractivity contribution is 0.0942. The van der Waals surface area contributed by atoms with Gasteiger partial charge in [0.05, 0.1) is 6.67 Å². The van der Waals surface area contributed by atoms with Gasteiger partial charge >= 0.3 is 0 Å². The van der Waals surface area contributed by atoms with Crippen molar-refractivity contribution in [3.8, 4) is 0 Å². The van der Waals surface area contributed by atoms with E-state index in [-0.39, 0.29) is 5.91 Å². The van der Waals surface area contributed by atoms with Crippen LogP contribution in [-0.2, 0) is 0 Å². The standard InChI is InChI=1S/C7H8N4O/c1-11-4-10-7(12)5-6(11)9-3-2-8-5/h2-3H,4H2,1H3,(H,10,12). The van der Waals surface area contributed by atoms with Gasteiger partial charge in [-0.15, -0.1) is 0 Å². The van der Waals surface area contributed by atoms with Gasteiger partial charge in [0.15, 0.2) is 11.5 Å². The molecule has 0 atom stereocenters. The van der Waals surface area contributed by atoms with Crippen LogP contribution in [0.15, 0.2) is 12.4 Å². The van der Waals surface area contributed by atoms with E-state index < -0.39 is 0 Å². The fourth-order valence-electron chi connectivity index (χ4n) is 1.12. The number of amides is 1. The summed E-state index contributed by atoms with van der Waals surface area (Å²) >= 11 is 0. The van der Waals surface area contributed by atoms with Crippen LogP contribution in [0.3, 0.4) is 0 Å². The maximum Gasteiger partial charge on any atom is 0.275 e. The van der Waals surface area contributed by atoms with Gasteiger partial charge in [0.25, 0.3) is 5.91 Å². The Morgan fingerprint density at radius 2 is 2.25 bits per heavy atom. The van der Waals surface area contributed by atoms with E-state index in [9.17, 15) is 4.79 Å². The van der Waals surface area contributed by atoms with Crippen LogP contribution in [0.25, 0.3) is 0 Å². The zero-order valence-corrected chi connectivity index (χ0v) is 6.61. The highest BCUT2D eigenvalue weighted by Crippen LogP contribution is 2.15. The molecule has 1 aliphatic rings. The molecule has 1 amide bonds. The summed E-state index contributed by atoms with van der Waals surface area (Å²) in [6, 6.07) is 0. The first-order chi connectivity index (χ1) is 5.79. The Morgan fingerprint density at radius 3 is 3.00 bits per heavy atom. The first-order valence-corrected chi connectivity index (χ1v) is 3.59. The summed E-state index contributed by atoms with van der Waals surface area (Å²) in [6.45, 7) is 0.491. The van der Waals surface area contributed by atoms with Gasteiger partial charge in [-0.05, 0) is 0 Å². The molecule has 1 aliphatic heterocycles. The van der Waals surface area contributed by atoms with Gasteiger partial charge in [-0.2, -0.15) is 0 Å². The summed E-state index contributed by atoms with van der Waals surface area (Å²) in [5, 5.41) is 2.67. The quantitative estimate of drug-likeness (QED) is 0.567. The van der Waals surface area contributed by atoms with Crippen molar-refractivity contribution in [3.05, 3.63) is 18.1 Å². The largest absolute Gasteiger partial charge is 0.340 e. The van der Waals surface area contributed by atoms with Gasteiger partial charge in [0.2, 0.25) is 0 Å². The molecule has 5 heteroatoms. The Labute approximate surface area is 69.4 Å². The maximum absolute atomic E-state index is 11.2. The number of nitrogens with zero attached hydrogens (tertiary/aromatic N) is 3. The lowest BCUT2D eigenvalue weighted by Crippen LogP contribution is -2.42. The number of hydrogen-bond donors (Lipinski definition) is 1. The Balaban J connectivity index is 2.55. The van der Waals surface area contributed by atoms with Crippen molar-refractivity contribution in [2.45, 2.75) is 0 Å². The number of carbonyl (C=O) groups is 1. The maximum atomic E-state index is 11.2. The summed E-state index contributed by atoms with van der Waals surface area (Å²) in [5.74, 6) is 0.484. The molecule has 1 aromatic rings. The molecule has 0 bridgehead atoms. The van der Waals surface area contributed by atoms with Crippen molar-refractivity contribution in [3.63, 3.8) is 0 Å². The summed E-state index contributed by atoms with van der Waals surface area (Å²) in [6.07, 6.45) is 3.09. The molecular formula is C7H8N4O. The third kappa shape index (κ3) is 0.903. The number of nitrogens with one attached hydrogen (secondary N) is 1. The lowest BCUT2D eigenvalue weighted by Gasteiger charge is -2.24. The Kier molecular flexibility index (Phi) is 1.43. The minimum atomic E-state index is -0.156. The number of anilines is 1. The molecule has 0 radical (unpaired) electrons. The van der Waals surface area contributed by atoms with Crippen molar-refractivity contribution >= 4 is 11.7 Å². The SMILES string of the molecule is CN1CNC(=O)c2nccnc21. The molecule has 62 valence electrons. The number of fused-ring (bicyclic) bond motifs is 1. The van der Waals surface area contributed by atoms with Crippen LogP contribution in [0.1, 0.15) is 10.5 Å². The third-order valence-electron chi connectivity index (χ3n) is 1.73. The fourth-order valence-corrected chi connectivity index (χ4v) is 1.12. The minimum absolute atomic E-state index is 0.156. The normalized spacial score (nSPS) is 15.4. The number of hydrogen-bond acceptors (Lipinski definition) is 4. The van der Waals surface area contributed by atoms with Crippen LogP contribution in [0, 0.1) is 0 Å². The average Bonchev–Trinajstić information content (AvgIpc) is 2.12. The molecule has 1 aromatic heterocycles. The van der Waals surface area contributed by atoms with Crippen molar-refractivity contribution < 1.29 is 4.79 Å². The highest BCUT2D eigenvalue weighted by molar-refractivity contribution is 5.98. The Morgan fingerprint density at radius 1 is 1.50 bits per heavy atom. The van der Waals surface area contributed by atoms with Crippen molar-refractivity contribution in [2.75, 3.05) is 18.6 Å². The van der Waals surface area contributed by atoms with E-state index >= 15 is 0 Å². The van der Waals surface area contributed by atoms with Gasteiger partial charge in [-0.25, -0.2) is 9.97 Å². The molecule has 12 heavy (non-hydrogen) atoms. The second-order valence-electron chi connectivity index (χ2n) is 2.59. The van der Waals surface area contributed by atoms with Crippen molar-refractivity contribution in [2.24, 2.45) is 0 Å². The lowest BCUT2D eigenvalue weighted by atomic mass is 10.3. The second kappa shape index (κ2) is 2.44. The van der Waals surface area contributed by atoms with E-state index in [0.29, 0.717) is 18.2 Å². The molecule has 0 aliphatic carbocycles. The zero-order chi connectivity index (χ0) is 8.55. The van der Waals surface area contributed by atoms with E-state index in [1.165, 1.54) is 6.20 Å². The molecular weight excluding hydrogens is 156 g/mol. The molecule has 0 fully saturated rings. The van der Waals surface area contributed by atoms with Gasteiger partial charge < -0.3 is 10.2 Å². The minimum Gasteiger partial charge on any atom is -0.340 e. The smallest absolute Gasteiger partial charge is 0.275 e. The number of rotatable bonds is 0. The molecule has 0 saturated carbocycles. The second-order valence-corrected chi connectivity index (χ2v) is 2.59. The Hall–Kier alpha value is -1.65. The predicted molar refractivity (Wildman–Crippen MR) is 42.8 cm³/mol.